The number of halogens is 4. The minimum Gasteiger partial charge on any atom is -0.508 e. The average molecular weight is 295 g/mol. The van der Waals surface area contributed by atoms with Gasteiger partial charge in [0.05, 0.1) is 0 Å². The first-order valence-corrected chi connectivity index (χ1v) is 6.27. The molecule has 2 rings (SSSR count). The number of phenolic OH excluding ortho intramolecular Hbond substituents is 1. The number of aromatic hydroxyl groups is 1. The van der Waals surface area contributed by atoms with Crippen LogP contribution in [0.3, 0.4) is 0 Å². The van der Waals surface area contributed by atoms with E-state index in [0.717, 1.165) is 0 Å². The molecular weight excluding hydrogens is 281 g/mol. The highest BCUT2D eigenvalue weighted by Gasteiger charge is 2.46. The molecule has 2 N–H and O–H groups in total. The zero-order valence-corrected chi connectivity index (χ0v) is 10.8. The maximum absolute atomic E-state index is 13.3. The Labute approximate surface area is 114 Å². The molecule has 106 valence electrons. The summed E-state index contributed by atoms with van der Waals surface area (Å²) < 4.78 is 39.9. The minimum atomic E-state index is -4.46. The van der Waals surface area contributed by atoms with Crippen LogP contribution in [0.25, 0.3) is 0 Å². The molecule has 1 saturated heterocycles. The summed E-state index contributed by atoms with van der Waals surface area (Å²) in [6.07, 6.45) is -4.46. The molecule has 0 amide bonds. The molecule has 0 bridgehead atoms. The molecule has 7 heteroatoms. The number of alkyl halides is 3. The lowest BCUT2D eigenvalue weighted by atomic mass is 10.0. The summed E-state index contributed by atoms with van der Waals surface area (Å²) in [6, 6.07) is 1.91. The lowest BCUT2D eigenvalue weighted by molar-refractivity contribution is -0.188. The van der Waals surface area contributed by atoms with Gasteiger partial charge in [0.2, 0.25) is 0 Å². The van der Waals surface area contributed by atoms with Crippen molar-refractivity contribution in [2.75, 3.05) is 26.2 Å². The quantitative estimate of drug-likeness (QED) is 0.880. The second kappa shape index (κ2) is 5.56. The van der Waals surface area contributed by atoms with E-state index in [-0.39, 0.29) is 29.4 Å². The maximum atomic E-state index is 13.3. The lowest BCUT2D eigenvalue weighted by Gasteiger charge is -2.36. The number of nitrogens with one attached hydrogen (secondary N) is 1. The number of nitrogens with zero attached hydrogens (tertiary/aromatic N) is 1. The number of piperazine rings is 1. The van der Waals surface area contributed by atoms with Crippen LogP contribution in [-0.4, -0.2) is 42.4 Å². The summed E-state index contributed by atoms with van der Waals surface area (Å²) in [4.78, 5) is 1.31. The molecule has 0 spiro atoms. The Balaban J connectivity index is 2.39. The third kappa shape index (κ3) is 3.32. The molecule has 1 atom stereocenters. The average Bonchev–Trinajstić information content (AvgIpc) is 2.33. The molecular formula is C12H14ClF3N2O. The van der Waals surface area contributed by atoms with Crippen molar-refractivity contribution in [1.29, 1.82) is 0 Å². The zero-order chi connectivity index (χ0) is 14.0. The Hall–Kier alpha value is -0.980. The normalized spacial score (nSPS) is 19.4. The van der Waals surface area contributed by atoms with Gasteiger partial charge in [-0.3, -0.25) is 4.90 Å². The number of hydrogen-bond donors (Lipinski definition) is 2. The van der Waals surface area contributed by atoms with Crippen molar-refractivity contribution < 1.29 is 18.3 Å². The van der Waals surface area contributed by atoms with Crippen molar-refractivity contribution in [2.45, 2.75) is 12.2 Å². The fourth-order valence-corrected chi connectivity index (χ4v) is 2.45. The lowest BCUT2D eigenvalue weighted by Crippen LogP contribution is -2.49. The second-order valence-corrected chi connectivity index (χ2v) is 4.87. The Bertz CT molecular complexity index is 447. The van der Waals surface area contributed by atoms with E-state index < -0.39 is 12.2 Å². The zero-order valence-electron chi connectivity index (χ0n) is 10.0. The largest absolute Gasteiger partial charge is 0.508 e. The molecule has 0 aromatic heterocycles. The van der Waals surface area contributed by atoms with Gasteiger partial charge in [-0.15, -0.1) is 0 Å². The first-order chi connectivity index (χ1) is 8.89. The molecule has 0 radical (unpaired) electrons. The summed E-state index contributed by atoms with van der Waals surface area (Å²) >= 11 is 5.74. The van der Waals surface area contributed by atoms with E-state index in [9.17, 15) is 18.3 Å². The predicted molar refractivity (Wildman–Crippen MR) is 66.4 cm³/mol. The van der Waals surface area contributed by atoms with Gasteiger partial charge in [-0.2, -0.15) is 13.2 Å². The summed E-state index contributed by atoms with van der Waals surface area (Å²) in [7, 11) is 0. The third-order valence-corrected chi connectivity index (χ3v) is 3.35. The van der Waals surface area contributed by atoms with Crippen molar-refractivity contribution in [3.8, 4) is 5.75 Å². The summed E-state index contributed by atoms with van der Waals surface area (Å²) in [5.74, 6) is -0.384. The third-order valence-electron chi connectivity index (χ3n) is 3.11. The highest BCUT2D eigenvalue weighted by Crippen LogP contribution is 2.42. The minimum absolute atomic E-state index is 0.178. The topological polar surface area (TPSA) is 35.5 Å². The number of rotatable bonds is 2. The Morgan fingerprint density at radius 2 is 1.89 bits per heavy atom. The Kier molecular flexibility index (Phi) is 4.23. The highest BCUT2D eigenvalue weighted by molar-refractivity contribution is 6.30. The van der Waals surface area contributed by atoms with Crippen LogP contribution in [0.1, 0.15) is 11.6 Å². The first kappa shape index (κ1) is 14.4. The smallest absolute Gasteiger partial charge is 0.408 e. The molecule has 1 aromatic rings. The molecule has 1 fully saturated rings. The van der Waals surface area contributed by atoms with Gasteiger partial charge < -0.3 is 10.4 Å². The van der Waals surface area contributed by atoms with Crippen molar-refractivity contribution in [3.05, 3.63) is 28.8 Å². The van der Waals surface area contributed by atoms with Crippen LogP contribution in [0.4, 0.5) is 13.2 Å². The van der Waals surface area contributed by atoms with E-state index in [0.29, 0.717) is 13.1 Å². The monoisotopic (exact) mass is 294 g/mol. The molecule has 1 heterocycles. The Morgan fingerprint density at radius 3 is 2.47 bits per heavy atom. The summed E-state index contributed by atoms with van der Waals surface area (Å²) in [5, 5.41) is 12.9. The Morgan fingerprint density at radius 1 is 1.26 bits per heavy atom. The molecule has 0 saturated carbocycles. The standard InChI is InChI=1S/C12H14ClF3N2O/c13-8-1-2-10(19)9(7-8)11(12(14,15)16)18-5-3-17-4-6-18/h1-2,7,11,17,19H,3-6H2/t11-/m1/s1. The van der Waals surface area contributed by atoms with E-state index in [2.05, 4.69) is 5.32 Å². The summed E-state index contributed by atoms with van der Waals surface area (Å²) in [6.45, 7) is 1.54. The van der Waals surface area contributed by atoms with Crippen molar-refractivity contribution >= 4 is 11.6 Å². The molecule has 3 nitrogen and oxygen atoms in total. The van der Waals surface area contributed by atoms with E-state index in [4.69, 9.17) is 11.6 Å². The fourth-order valence-electron chi connectivity index (χ4n) is 2.26. The molecule has 1 aliphatic heterocycles. The fraction of sp³-hybridized carbons (Fsp3) is 0.500. The van der Waals surface area contributed by atoms with E-state index in [1.807, 2.05) is 0 Å². The van der Waals surface area contributed by atoms with Gasteiger partial charge in [0.25, 0.3) is 0 Å². The van der Waals surface area contributed by atoms with Crippen molar-refractivity contribution in [1.82, 2.24) is 10.2 Å². The van der Waals surface area contributed by atoms with Crippen LogP contribution in [0.5, 0.6) is 5.75 Å². The number of hydrogen-bond acceptors (Lipinski definition) is 3. The van der Waals surface area contributed by atoms with Crippen LogP contribution >= 0.6 is 11.6 Å². The van der Waals surface area contributed by atoms with Gasteiger partial charge >= 0.3 is 6.18 Å². The van der Waals surface area contributed by atoms with Crippen LogP contribution in [0, 0.1) is 0 Å². The summed E-state index contributed by atoms with van der Waals surface area (Å²) in [5.41, 5.74) is -0.193. The SMILES string of the molecule is Oc1ccc(Cl)cc1[C@@H](N1CCNCC1)C(F)(F)F. The van der Waals surface area contributed by atoms with Gasteiger partial charge in [0, 0.05) is 36.8 Å². The molecule has 19 heavy (non-hydrogen) atoms. The van der Waals surface area contributed by atoms with Gasteiger partial charge in [-0.25, -0.2) is 0 Å². The van der Waals surface area contributed by atoms with Crippen LogP contribution in [0.2, 0.25) is 5.02 Å². The number of phenols is 1. The van der Waals surface area contributed by atoms with Crippen molar-refractivity contribution in [3.63, 3.8) is 0 Å². The van der Waals surface area contributed by atoms with Crippen LogP contribution in [-0.2, 0) is 0 Å². The van der Waals surface area contributed by atoms with Gasteiger partial charge in [-0.1, -0.05) is 11.6 Å². The van der Waals surface area contributed by atoms with E-state index in [1.54, 1.807) is 0 Å². The highest BCUT2D eigenvalue weighted by atomic mass is 35.5. The molecule has 0 aliphatic carbocycles. The maximum Gasteiger partial charge on any atom is 0.408 e. The van der Waals surface area contributed by atoms with Crippen LogP contribution < -0.4 is 5.32 Å². The van der Waals surface area contributed by atoms with E-state index in [1.165, 1.54) is 23.1 Å². The van der Waals surface area contributed by atoms with Crippen molar-refractivity contribution in [2.24, 2.45) is 0 Å². The second-order valence-electron chi connectivity index (χ2n) is 4.43. The predicted octanol–water partition coefficient (Wildman–Crippen LogP) is 2.55. The molecule has 0 unspecified atom stereocenters. The van der Waals surface area contributed by atoms with Gasteiger partial charge in [0.1, 0.15) is 11.8 Å². The van der Waals surface area contributed by atoms with Gasteiger partial charge in [-0.05, 0) is 18.2 Å². The first-order valence-electron chi connectivity index (χ1n) is 5.89. The van der Waals surface area contributed by atoms with Crippen LogP contribution in [0.15, 0.2) is 18.2 Å². The van der Waals surface area contributed by atoms with E-state index >= 15 is 0 Å². The molecule has 1 aromatic carbocycles. The number of benzene rings is 1. The van der Waals surface area contributed by atoms with Gasteiger partial charge in [0.15, 0.2) is 0 Å². The molecule has 1 aliphatic rings.